The number of likely N-dealkylation sites (tertiary alicyclic amines) is 1. The van der Waals surface area contributed by atoms with Crippen molar-refractivity contribution in [3.05, 3.63) is 89.4 Å². The van der Waals surface area contributed by atoms with Gasteiger partial charge in [-0.1, -0.05) is 42.5 Å². The summed E-state index contributed by atoms with van der Waals surface area (Å²) < 4.78 is 19.3. The molecule has 1 fully saturated rings. The molecule has 1 aliphatic heterocycles. The van der Waals surface area contributed by atoms with Crippen LogP contribution < -0.4 is 0 Å². The number of hydrogen-bond donors (Lipinski definition) is 0. The van der Waals surface area contributed by atoms with Crippen molar-refractivity contribution in [3.63, 3.8) is 0 Å². The van der Waals surface area contributed by atoms with E-state index < -0.39 is 0 Å². The average Bonchev–Trinajstić information content (AvgIpc) is 3.25. The lowest BCUT2D eigenvalue weighted by Gasteiger charge is -2.21. The lowest BCUT2D eigenvalue weighted by Crippen LogP contribution is -2.22. The van der Waals surface area contributed by atoms with Crippen LogP contribution in [0, 0.1) is 5.82 Å². The van der Waals surface area contributed by atoms with Crippen molar-refractivity contribution in [2.45, 2.75) is 31.8 Å². The maximum Gasteiger partial charge on any atom is 0.211 e. The van der Waals surface area contributed by atoms with Crippen LogP contribution in [0.25, 0.3) is 0 Å². The molecule has 0 saturated carbocycles. The molecule has 1 saturated heterocycles. The quantitative estimate of drug-likeness (QED) is 0.674. The van der Waals surface area contributed by atoms with Gasteiger partial charge in [0.25, 0.3) is 0 Å². The fourth-order valence-electron chi connectivity index (χ4n) is 3.52. The van der Waals surface area contributed by atoms with Gasteiger partial charge >= 0.3 is 0 Å². The third-order valence-corrected chi connectivity index (χ3v) is 4.72. The number of nitrogens with zero attached hydrogens (tertiary/aromatic N) is 2. The SMILES string of the molecule is Fc1cccc(Cc2cnc(C3CCCN3Cc3ccccc3)o2)c1. The van der Waals surface area contributed by atoms with Gasteiger partial charge in [-0.2, -0.15) is 0 Å². The van der Waals surface area contributed by atoms with Crippen LogP contribution in [0.15, 0.2) is 65.2 Å². The predicted molar refractivity (Wildman–Crippen MR) is 94.5 cm³/mol. The van der Waals surface area contributed by atoms with Gasteiger partial charge in [0.15, 0.2) is 0 Å². The second-order valence-electron chi connectivity index (χ2n) is 6.59. The van der Waals surface area contributed by atoms with E-state index >= 15 is 0 Å². The fourth-order valence-corrected chi connectivity index (χ4v) is 3.52. The molecule has 4 rings (SSSR count). The van der Waals surface area contributed by atoms with E-state index in [0.717, 1.165) is 43.1 Å². The molecular formula is C21H21FN2O. The molecule has 1 unspecified atom stereocenters. The van der Waals surface area contributed by atoms with Gasteiger partial charge < -0.3 is 4.42 Å². The highest BCUT2D eigenvalue weighted by molar-refractivity contribution is 5.21. The molecular weight excluding hydrogens is 315 g/mol. The molecule has 2 heterocycles. The molecule has 1 aliphatic rings. The summed E-state index contributed by atoms with van der Waals surface area (Å²) in [6.07, 6.45) is 4.56. The lowest BCUT2D eigenvalue weighted by atomic mass is 10.1. The molecule has 0 N–H and O–H groups in total. The van der Waals surface area contributed by atoms with Crippen molar-refractivity contribution >= 4 is 0 Å². The Morgan fingerprint density at radius 2 is 1.92 bits per heavy atom. The van der Waals surface area contributed by atoms with Crippen LogP contribution in [0.3, 0.4) is 0 Å². The molecule has 1 aromatic heterocycles. The van der Waals surface area contributed by atoms with Crippen LogP contribution in [0.2, 0.25) is 0 Å². The first-order valence-electron chi connectivity index (χ1n) is 8.75. The van der Waals surface area contributed by atoms with E-state index in [-0.39, 0.29) is 11.9 Å². The van der Waals surface area contributed by atoms with Crippen LogP contribution in [0.1, 0.15) is 41.7 Å². The van der Waals surface area contributed by atoms with Crippen molar-refractivity contribution in [3.8, 4) is 0 Å². The second kappa shape index (κ2) is 7.19. The molecule has 1 atom stereocenters. The Kier molecular flexibility index (Phi) is 4.61. The zero-order chi connectivity index (χ0) is 17.1. The van der Waals surface area contributed by atoms with E-state index in [1.54, 1.807) is 18.3 Å². The van der Waals surface area contributed by atoms with Gasteiger partial charge in [-0.05, 0) is 42.6 Å². The molecule has 4 heteroatoms. The average molecular weight is 336 g/mol. The smallest absolute Gasteiger partial charge is 0.211 e. The van der Waals surface area contributed by atoms with E-state index in [4.69, 9.17) is 4.42 Å². The van der Waals surface area contributed by atoms with E-state index in [1.165, 1.54) is 11.6 Å². The van der Waals surface area contributed by atoms with Gasteiger partial charge in [0.05, 0.1) is 12.2 Å². The van der Waals surface area contributed by atoms with E-state index in [2.05, 4.69) is 34.1 Å². The summed E-state index contributed by atoms with van der Waals surface area (Å²) in [6.45, 7) is 1.97. The Bertz CT molecular complexity index is 831. The number of rotatable bonds is 5. The molecule has 3 nitrogen and oxygen atoms in total. The second-order valence-corrected chi connectivity index (χ2v) is 6.59. The number of oxazole rings is 1. The van der Waals surface area contributed by atoms with Gasteiger partial charge in [0.1, 0.15) is 11.6 Å². The highest BCUT2D eigenvalue weighted by Crippen LogP contribution is 2.33. The summed E-state index contributed by atoms with van der Waals surface area (Å²) in [7, 11) is 0. The Hall–Kier alpha value is -2.46. The molecule has 0 bridgehead atoms. The molecule has 0 spiro atoms. The number of benzene rings is 2. The Labute approximate surface area is 147 Å². The Balaban J connectivity index is 1.47. The number of hydrogen-bond acceptors (Lipinski definition) is 3. The first-order chi connectivity index (χ1) is 12.3. The van der Waals surface area contributed by atoms with Crippen LogP contribution in [0.4, 0.5) is 4.39 Å². The molecule has 0 aliphatic carbocycles. The van der Waals surface area contributed by atoms with E-state index in [0.29, 0.717) is 6.42 Å². The normalized spacial score (nSPS) is 17.9. The van der Waals surface area contributed by atoms with Gasteiger partial charge in [0, 0.05) is 13.0 Å². The fraction of sp³-hybridized carbons (Fsp3) is 0.286. The summed E-state index contributed by atoms with van der Waals surface area (Å²) in [5.41, 5.74) is 2.20. The third kappa shape index (κ3) is 3.80. The summed E-state index contributed by atoms with van der Waals surface area (Å²) >= 11 is 0. The van der Waals surface area contributed by atoms with Crippen LogP contribution in [0.5, 0.6) is 0 Å². The number of aromatic nitrogens is 1. The van der Waals surface area contributed by atoms with Crippen molar-refractivity contribution in [2.75, 3.05) is 6.54 Å². The van der Waals surface area contributed by atoms with E-state index in [9.17, 15) is 4.39 Å². The van der Waals surface area contributed by atoms with Crippen LogP contribution >= 0.6 is 0 Å². The molecule has 25 heavy (non-hydrogen) atoms. The van der Waals surface area contributed by atoms with Gasteiger partial charge in [-0.3, -0.25) is 4.90 Å². The highest BCUT2D eigenvalue weighted by Gasteiger charge is 2.29. The summed E-state index contributed by atoms with van der Waals surface area (Å²) in [4.78, 5) is 6.93. The molecule has 2 aromatic carbocycles. The van der Waals surface area contributed by atoms with Crippen molar-refractivity contribution in [1.29, 1.82) is 0 Å². The number of halogens is 1. The molecule has 0 radical (unpaired) electrons. The molecule has 3 aromatic rings. The zero-order valence-corrected chi connectivity index (χ0v) is 14.1. The third-order valence-electron chi connectivity index (χ3n) is 4.72. The molecule has 0 amide bonds. The summed E-state index contributed by atoms with van der Waals surface area (Å²) in [5, 5.41) is 0. The topological polar surface area (TPSA) is 29.3 Å². The van der Waals surface area contributed by atoms with Gasteiger partial charge in [-0.15, -0.1) is 0 Å². The van der Waals surface area contributed by atoms with Crippen LogP contribution in [-0.4, -0.2) is 16.4 Å². The first-order valence-corrected chi connectivity index (χ1v) is 8.75. The van der Waals surface area contributed by atoms with Gasteiger partial charge in [-0.25, -0.2) is 9.37 Å². The lowest BCUT2D eigenvalue weighted by molar-refractivity contribution is 0.212. The summed E-state index contributed by atoms with van der Waals surface area (Å²) in [5.74, 6) is 1.34. The minimum atomic E-state index is -0.220. The van der Waals surface area contributed by atoms with Crippen molar-refractivity contribution < 1.29 is 8.81 Å². The monoisotopic (exact) mass is 336 g/mol. The maximum atomic E-state index is 13.3. The Morgan fingerprint density at radius 1 is 1.08 bits per heavy atom. The maximum absolute atomic E-state index is 13.3. The highest BCUT2D eigenvalue weighted by atomic mass is 19.1. The van der Waals surface area contributed by atoms with Crippen molar-refractivity contribution in [1.82, 2.24) is 9.88 Å². The standard InChI is InChI=1S/C21H21FN2O/c22-18-9-4-8-17(12-18)13-19-14-23-21(25-19)20-10-5-11-24(20)15-16-6-2-1-3-7-16/h1-4,6-9,12,14,20H,5,10-11,13,15H2. The van der Waals surface area contributed by atoms with Crippen molar-refractivity contribution in [2.24, 2.45) is 0 Å². The van der Waals surface area contributed by atoms with E-state index in [1.807, 2.05) is 12.1 Å². The summed E-state index contributed by atoms with van der Waals surface area (Å²) in [6, 6.07) is 17.3. The minimum absolute atomic E-state index is 0.220. The van der Waals surface area contributed by atoms with Crippen LogP contribution in [-0.2, 0) is 13.0 Å². The Morgan fingerprint density at radius 3 is 2.76 bits per heavy atom. The first kappa shape index (κ1) is 16.0. The largest absolute Gasteiger partial charge is 0.444 e. The minimum Gasteiger partial charge on any atom is -0.444 e. The zero-order valence-electron chi connectivity index (χ0n) is 14.1. The van der Waals surface area contributed by atoms with Gasteiger partial charge in [0.2, 0.25) is 5.89 Å². The predicted octanol–water partition coefficient (Wildman–Crippen LogP) is 4.74. The molecule has 128 valence electrons.